The van der Waals surface area contributed by atoms with E-state index in [1.807, 2.05) is 0 Å². The molecule has 1 aliphatic heterocycles. The summed E-state index contributed by atoms with van der Waals surface area (Å²) < 4.78 is 6.05. The van der Waals surface area contributed by atoms with Crippen molar-refractivity contribution in [1.29, 1.82) is 0 Å². The van der Waals surface area contributed by atoms with Crippen LogP contribution in [0.3, 0.4) is 0 Å². The van der Waals surface area contributed by atoms with Crippen LogP contribution in [0, 0.1) is 0 Å². The average Bonchev–Trinajstić information content (AvgIpc) is 2.37. The predicted molar refractivity (Wildman–Crippen MR) is 80.7 cm³/mol. The highest BCUT2D eigenvalue weighted by Crippen LogP contribution is 2.39. The first-order chi connectivity index (χ1) is 9.12. The minimum absolute atomic E-state index is 0.0740. The van der Waals surface area contributed by atoms with E-state index in [-0.39, 0.29) is 5.60 Å². The molecule has 2 rings (SSSR count). The maximum atomic E-state index is 6.05. The molecule has 1 N–H and O–H groups in total. The number of hydrogen-bond acceptors (Lipinski definition) is 2. The zero-order valence-corrected chi connectivity index (χ0v) is 12.5. The van der Waals surface area contributed by atoms with Gasteiger partial charge in [-0.3, -0.25) is 0 Å². The zero-order chi connectivity index (χ0) is 13.7. The van der Waals surface area contributed by atoms with Crippen molar-refractivity contribution in [3.8, 4) is 5.75 Å². The Labute approximate surface area is 117 Å². The fourth-order valence-corrected chi connectivity index (χ4v) is 2.81. The minimum Gasteiger partial charge on any atom is -0.487 e. The van der Waals surface area contributed by atoms with E-state index in [1.165, 1.54) is 31.2 Å². The van der Waals surface area contributed by atoms with Crippen molar-refractivity contribution in [1.82, 2.24) is 5.32 Å². The van der Waals surface area contributed by atoms with Gasteiger partial charge in [0.15, 0.2) is 0 Å². The third-order valence-corrected chi connectivity index (χ3v) is 3.80. The van der Waals surface area contributed by atoms with Crippen LogP contribution in [0.1, 0.15) is 64.5 Å². The number of unbranched alkanes of at least 4 members (excludes halogenated alkanes) is 3. The summed E-state index contributed by atoms with van der Waals surface area (Å²) in [6, 6.07) is 8.86. The van der Waals surface area contributed by atoms with Crippen molar-refractivity contribution in [2.75, 3.05) is 6.54 Å². The Hall–Kier alpha value is -1.02. The maximum absolute atomic E-state index is 6.05. The average molecular weight is 261 g/mol. The van der Waals surface area contributed by atoms with Crippen molar-refractivity contribution < 1.29 is 4.74 Å². The molecule has 0 bridgehead atoms. The van der Waals surface area contributed by atoms with Crippen LogP contribution < -0.4 is 10.1 Å². The van der Waals surface area contributed by atoms with E-state index in [2.05, 4.69) is 50.4 Å². The molecule has 106 valence electrons. The number of fused-ring (bicyclic) bond motifs is 1. The molecule has 1 aliphatic rings. The highest BCUT2D eigenvalue weighted by atomic mass is 16.5. The van der Waals surface area contributed by atoms with Gasteiger partial charge in [0, 0.05) is 18.0 Å². The Morgan fingerprint density at radius 3 is 2.79 bits per heavy atom. The van der Waals surface area contributed by atoms with Crippen molar-refractivity contribution in [2.45, 2.75) is 64.5 Å². The van der Waals surface area contributed by atoms with Crippen molar-refractivity contribution >= 4 is 0 Å². The number of nitrogens with one attached hydrogen (secondary N) is 1. The van der Waals surface area contributed by atoms with E-state index < -0.39 is 0 Å². The Bertz CT molecular complexity index is 400. The van der Waals surface area contributed by atoms with Gasteiger partial charge in [-0.1, -0.05) is 44.4 Å². The van der Waals surface area contributed by atoms with Crippen LogP contribution in [0.25, 0.3) is 0 Å². The van der Waals surface area contributed by atoms with Gasteiger partial charge in [-0.25, -0.2) is 0 Å². The van der Waals surface area contributed by atoms with Gasteiger partial charge in [-0.2, -0.15) is 0 Å². The second-order valence-electron chi connectivity index (χ2n) is 6.17. The number of benzene rings is 1. The number of para-hydroxylation sites is 1. The van der Waals surface area contributed by atoms with Gasteiger partial charge in [0.25, 0.3) is 0 Å². The lowest BCUT2D eigenvalue weighted by molar-refractivity contribution is 0.0660. The highest BCUT2D eigenvalue weighted by Gasteiger charge is 2.32. The van der Waals surface area contributed by atoms with Crippen LogP contribution in [-0.2, 0) is 0 Å². The van der Waals surface area contributed by atoms with Crippen molar-refractivity contribution in [2.24, 2.45) is 0 Å². The van der Waals surface area contributed by atoms with Crippen molar-refractivity contribution in [3.63, 3.8) is 0 Å². The van der Waals surface area contributed by atoms with E-state index in [1.54, 1.807) is 0 Å². The standard InChI is InChI=1S/C17H27NO/c1-4-5-6-9-12-18-15-13-17(2,3)19-16-11-8-7-10-14(15)16/h7-8,10-11,15,18H,4-6,9,12-13H2,1-3H3. The third kappa shape index (κ3) is 3.97. The minimum atomic E-state index is -0.0740. The molecular weight excluding hydrogens is 234 g/mol. The van der Waals surface area contributed by atoms with E-state index in [0.29, 0.717) is 6.04 Å². The van der Waals surface area contributed by atoms with Gasteiger partial charge in [-0.05, 0) is 32.9 Å². The maximum Gasteiger partial charge on any atom is 0.124 e. The molecule has 0 saturated heterocycles. The molecule has 1 aromatic rings. The molecule has 19 heavy (non-hydrogen) atoms. The van der Waals surface area contributed by atoms with Crippen LogP contribution in [0.2, 0.25) is 0 Å². The third-order valence-electron chi connectivity index (χ3n) is 3.80. The molecule has 0 aliphatic carbocycles. The second kappa shape index (κ2) is 6.42. The van der Waals surface area contributed by atoms with Gasteiger partial charge in [0.05, 0.1) is 0 Å². The highest BCUT2D eigenvalue weighted by molar-refractivity contribution is 5.38. The van der Waals surface area contributed by atoms with E-state index >= 15 is 0 Å². The molecule has 2 heteroatoms. The van der Waals surface area contributed by atoms with Gasteiger partial charge in [-0.15, -0.1) is 0 Å². The lowest BCUT2D eigenvalue weighted by Crippen LogP contribution is -2.39. The first kappa shape index (κ1) is 14.4. The summed E-state index contributed by atoms with van der Waals surface area (Å²) in [5.41, 5.74) is 1.24. The van der Waals surface area contributed by atoms with Gasteiger partial charge in [0.2, 0.25) is 0 Å². The van der Waals surface area contributed by atoms with Crippen molar-refractivity contribution in [3.05, 3.63) is 29.8 Å². The summed E-state index contributed by atoms with van der Waals surface area (Å²) in [5.74, 6) is 1.05. The Morgan fingerprint density at radius 1 is 1.21 bits per heavy atom. The summed E-state index contributed by atoms with van der Waals surface area (Å²) in [7, 11) is 0. The van der Waals surface area contributed by atoms with Gasteiger partial charge >= 0.3 is 0 Å². The van der Waals surface area contributed by atoms with Crippen LogP contribution in [0.15, 0.2) is 24.3 Å². The van der Waals surface area contributed by atoms with Crippen LogP contribution in [-0.4, -0.2) is 12.1 Å². The number of rotatable bonds is 6. The molecule has 1 unspecified atom stereocenters. The summed E-state index contributed by atoms with van der Waals surface area (Å²) in [4.78, 5) is 0. The first-order valence-corrected chi connectivity index (χ1v) is 7.64. The Balaban J connectivity index is 1.96. The Kier molecular flexibility index (Phi) is 4.87. The first-order valence-electron chi connectivity index (χ1n) is 7.64. The van der Waals surface area contributed by atoms with E-state index in [9.17, 15) is 0 Å². The zero-order valence-electron chi connectivity index (χ0n) is 12.5. The number of hydrogen-bond donors (Lipinski definition) is 1. The fraction of sp³-hybridized carbons (Fsp3) is 0.647. The molecular formula is C17H27NO. The lowest BCUT2D eigenvalue weighted by atomic mass is 9.89. The van der Waals surface area contributed by atoms with Gasteiger partial charge < -0.3 is 10.1 Å². The second-order valence-corrected chi connectivity index (χ2v) is 6.17. The SMILES string of the molecule is CCCCCCNC1CC(C)(C)Oc2ccccc21. The van der Waals surface area contributed by atoms with Crippen LogP contribution >= 0.6 is 0 Å². The topological polar surface area (TPSA) is 21.3 Å². The quantitative estimate of drug-likeness (QED) is 0.763. The lowest BCUT2D eigenvalue weighted by Gasteiger charge is -2.38. The van der Waals surface area contributed by atoms with Gasteiger partial charge in [0.1, 0.15) is 11.4 Å². The molecule has 1 atom stereocenters. The molecule has 1 aromatic carbocycles. The molecule has 0 radical (unpaired) electrons. The molecule has 0 saturated carbocycles. The molecule has 0 fully saturated rings. The normalized spacial score (nSPS) is 20.7. The van der Waals surface area contributed by atoms with Crippen LogP contribution in [0.5, 0.6) is 5.75 Å². The molecule has 0 spiro atoms. The molecule has 1 heterocycles. The van der Waals surface area contributed by atoms with E-state index in [4.69, 9.17) is 4.74 Å². The van der Waals surface area contributed by atoms with E-state index in [0.717, 1.165) is 18.7 Å². The predicted octanol–water partition coefficient (Wildman–Crippen LogP) is 4.46. The molecule has 2 nitrogen and oxygen atoms in total. The summed E-state index contributed by atoms with van der Waals surface area (Å²) in [5, 5.41) is 3.71. The molecule has 0 aromatic heterocycles. The summed E-state index contributed by atoms with van der Waals surface area (Å²) in [6.07, 6.45) is 6.29. The largest absolute Gasteiger partial charge is 0.487 e. The summed E-state index contributed by atoms with van der Waals surface area (Å²) >= 11 is 0. The monoisotopic (exact) mass is 261 g/mol. The number of ether oxygens (including phenoxy) is 1. The molecule has 0 amide bonds. The Morgan fingerprint density at radius 2 is 2.00 bits per heavy atom. The summed E-state index contributed by atoms with van der Waals surface area (Å²) in [6.45, 7) is 7.71. The van der Waals surface area contributed by atoms with Crippen LogP contribution in [0.4, 0.5) is 0 Å². The fourth-order valence-electron chi connectivity index (χ4n) is 2.81. The smallest absolute Gasteiger partial charge is 0.124 e.